The molecule has 25 heavy (non-hydrogen) atoms. The fraction of sp³-hybridized carbons (Fsp3) is 0.316. The van der Waals surface area contributed by atoms with Gasteiger partial charge in [0.1, 0.15) is 17.2 Å². The number of nitrogens with one attached hydrogen (secondary N) is 1. The number of methoxy groups -OCH3 is 2. The van der Waals surface area contributed by atoms with Crippen molar-refractivity contribution in [3.05, 3.63) is 48.0 Å². The second kappa shape index (κ2) is 8.82. The van der Waals surface area contributed by atoms with Gasteiger partial charge in [0.15, 0.2) is 0 Å². The predicted molar refractivity (Wildman–Crippen MR) is 97.4 cm³/mol. The van der Waals surface area contributed by atoms with E-state index in [2.05, 4.69) is 5.32 Å². The lowest BCUT2D eigenvalue weighted by Crippen LogP contribution is -2.35. The Balaban J connectivity index is 2.16. The molecule has 0 aromatic heterocycles. The molecule has 2 aromatic rings. The second-order valence-corrected chi connectivity index (χ2v) is 5.55. The van der Waals surface area contributed by atoms with Crippen molar-refractivity contribution in [2.75, 3.05) is 26.1 Å². The van der Waals surface area contributed by atoms with Crippen molar-refractivity contribution >= 4 is 11.7 Å². The molecule has 0 saturated heterocycles. The fourth-order valence-corrected chi connectivity index (χ4v) is 2.47. The Morgan fingerprint density at radius 3 is 2.56 bits per heavy atom. The molecule has 0 spiro atoms. The highest BCUT2D eigenvalue weighted by Gasteiger charge is 2.17. The number of carbonyl (C=O) groups excluding carboxylic acids is 1. The van der Waals surface area contributed by atoms with Gasteiger partial charge in [-0.25, -0.2) is 4.79 Å². The molecule has 6 nitrogen and oxygen atoms in total. The predicted octanol–water partition coefficient (Wildman–Crippen LogP) is 3.85. The first-order valence-electron chi connectivity index (χ1n) is 8.13. The zero-order valence-electron chi connectivity index (χ0n) is 14.8. The number of anilines is 1. The number of urea groups is 1. The molecule has 0 heterocycles. The number of aromatic hydroxyl groups is 1. The molecular formula is C19H24N2O4. The van der Waals surface area contributed by atoms with E-state index in [-0.39, 0.29) is 11.8 Å². The summed E-state index contributed by atoms with van der Waals surface area (Å²) in [6.07, 6.45) is 0.806. The van der Waals surface area contributed by atoms with E-state index in [0.717, 1.165) is 6.42 Å². The van der Waals surface area contributed by atoms with E-state index in [1.807, 2.05) is 13.0 Å². The number of para-hydroxylation sites is 1. The van der Waals surface area contributed by atoms with Crippen LogP contribution < -0.4 is 14.8 Å². The highest BCUT2D eigenvalue weighted by atomic mass is 16.5. The van der Waals surface area contributed by atoms with E-state index in [1.165, 1.54) is 7.11 Å². The Morgan fingerprint density at radius 1 is 1.16 bits per heavy atom. The van der Waals surface area contributed by atoms with Crippen molar-refractivity contribution in [2.45, 2.75) is 19.9 Å². The molecule has 0 bridgehead atoms. The van der Waals surface area contributed by atoms with Crippen molar-refractivity contribution in [1.29, 1.82) is 0 Å². The van der Waals surface area contributed by atoms with Crippen LogP contribution in [-0.2, 0) is 6.54 Å². The van der Waals surface area contributed by atoms with Crippen LogP contribution in [0.4, 0.5) is 10.5 Å². The number of amides is 2. The lowest BCUT2D eigenvalue weighted by atomic mass is 10.2. The summed E-state index contributed by atoms with van der Waals surface area (Å²) >= 11 is 0. The molecule has 2 amide bonds. The number of phenolic OH excluding ortho intramolecular Hbond substituents is 1. The third-order valence-corrected chi connectivity index (χ3v) is 3.78. The topological polar surface area (TPSA) is 71.0 Å². The quantitative estimate of drug-likeness (QED) is 0.800. The smallest absolute Gasteiger partial charge is 0.322 e. The summed E-state index contributed by atoms with van der Waals surface area (Å²) < 4.78 is 10.5. The van der Waals surface area contributed by atoms with Gasteiger partial charge in [0.25, 0.3) is 0 Å². The minimum absolute atomic E-state index is 0.179. The van der Waals surface area contributed by atoms with E-state index >= 15 is 0 Å². The minimum atomic E-state index is -0.256. The molecule has 134 valence electrons. The van der Waals surface area contributed by atoms with E-state index in [1.54, 1.807) is 48.4 Å². The van der Waals surface area contributed by atoms with Crippen LogP contribution in [0.2, 0.25) is 0 Å². The van der Waals surface area contributed by atoms with E-state index < -0.39 is 0 Å². The van der Waals surface area contributed by atoms with Crippen molar-refractivity contribution in [1.82, 2.24) is 4.90 Å². The molecule has 0 unspecified atom stereocenters. The van der Waals surface area contributed by atoms with Gasteiger partial charge in [-0.2, -0.15) is 0 Å². The Kier molecular flexibility index (Phi) is 6.51. The normalized spacial score (nSPS) is 10.2. The number of phenols is 1. The maximum atomic E-state index is 12.7. The monoisotopic (exact) mass is 344 g/mol. The van der Waals surface area contributed by atoms with Gasteiger partial charge in [0.2, 0.25) is 0 Å². The lowest BCUT2D eigenvalue weighted by Gasteiger charge is -2.23. The van der Waals surface area contributed by atoms with Gasteiger partial charge in [-0.3, -0.25) is 0 Å². The summed E-state index contributed by atoms with van der Waals surface area (Å²) in [5.74, 6) is 1.35. The van der Waals surface area contributed by atoms with Crippen molar-refractivity contribution in [3.63, 3.8) is 0 Å². The SMILES string of the molecule is CCCN(Cc1ccccc1O)C(=O)Nc1ccc(OC)cc1OC. The van der Waals surface area contributed by atoms with Gasteiger partial charge in [-0.05, 0) is 24.6 Å². The van der Waals surface area contributed by atoms with Crippen molar-refractivity contribution < 1.29 is 19.4 Å². The largest absolute Gasteiger partial charge is 0.508 e. The van der Waals surface area contributed by atoms with Gasteiger partial charge in [-0.1, -0.05) is 25.1 Å². The van der Waals surface area contributed by atoms with Crippen LogP contribution in [0.15, 0.2) is 42.5 Å². The molecule has 2 rings (SSSR count). The number of hydrogen-bond acceptors (Lipinski definition) is 4. The van der Waals surface area contributed by atoms with Crippen LogP contribution in [0.3, 0.4) is 0 Å². The Morgan fingerprint density at radius 2 is 1.92 bits per heavy atom. The number of benzene rings is 2. The average molecular weight is 344 g/mol. The molecular weight excluding hydrogens is 320 g/mol. The van der Waals surface area contributed by atoms with E-state index in [4.69, 9.17) is 9.47 Å². The Labute approximate surface area is 148 Å². The first kappa shape index (κ1) is 18.4. The number of carbonyl (C=O) groups is 1. The standard InChI is InChI=1S/C19H24N2O4/c1-4-11-21(13-14-7-5-6-8-17(14)22)19(23)20-16-10-9-15(24-2)12-18(16)25-3/h5-10,12,22H,4,11,13H2,1-3H3,(H,20,23). The van der Waals surface area contributed by atoms with Crippen molar-refractivity contribution in [2.24, 2.45) is 0 Å². The van der Waals surface area contributed by atoms with Crippen LogP contribution in [0.5, 0.6) is 17.2 Å². The highest BCUT2D eigenvalue weighted by molar-refractivity contribution is 5.91. The van der Waals surface area contributed by atoms with Crippen LogP contribution in [0.25, 0.3) is 0 Å². The van der Waals surface area contributed by atoms with Crippen LogP contribution in [0, 0.1) is 0 Å². The lowest BCUT2D eigenvalue weighted by molar-refractivity contribution is 0.208. The molecule has 0 aliphatic heterocycles. The summed E-state index contributed by atoms with van der Waals surface area (Å²) in [6, 6.07) is 12.0. The van der Waals surface area contributed by atoms with Gasteiger partial charge in [0, 0.05) is 18.2 Å². The molecule has 0 radical (unpaired) electrons. The maximum absolute atomic E-state index is 12.7. The first-order valence-corrected chi connectivity index (χ1v) is 8.13. The van der Waals surface area contributed by atoms with Gasteiger partial charge in [-0.15, -0.1) is 0 Å². The van der Waals surface area contributed by atoms with E-state index in [9.17, 15) is 9.90 Å². The highest BCUT2D eigenvalue weighted by Crippen LogP contribution is 2.29. The molecule has 0 aliphatic carbocycles. The number of hydrogen-bond donors (Lipinski definition) is 2. The van der Waals surface area contributed by atoms with Crippen LogP contribution >= 0.6 is 0 Å². The number of rotatable bonds is 7. The summed E-state index contributed by atoms with van der Waals surface area (Å²) in [5, 5.41) is 12.8. The maximum Gasteiger partial charge on any atom is 0.322 e. The Bertz CT molecular complexity index is 718. The molecule has 2 N–H and O–H groups in total. The minimum Gasteiger partial charge on any atom is -0.508 e. The summed E-state index contributed by atoms with van der Waals surface area (Å²) in [4.78, 5) is 14.3. The average Bonchev–Trinajstić information content (AvgIpc) is 2.63. The van der Waals surface area contributed by atoms with Crippen LogP contribution in [-0.4, -0.2) is 36.8 Å². The Hall–Kier alpha value is -2.89. The molecule has 0 atom stereocenters. The number of ether oxygens (including phenoxy) is 2. The second-order valence-electron chi connectivity index (χ2n) is 5.55. The summed E-state index contributed by atoms with van der Waals surface area (Å²) in [5.41, 5.74) is 1.26. The molecule has 0 aliphatic rings. The fourth-order valence-electron chi connectivity index (χ4n) is 2.47. The van der Waals surface area contributed by atoms with Crippen LogP contribution in [0.1, 0.15) is 18.9 Å². The molecule has 2 aromatic carbocycles. The zero-order valence-corrected chi connectivity index (χ0v) is 14.8. The summed E-state index contributed by atoms with van der Waals surface area (Å²) in [6.45, 7) is 2.89. The third kappa shape index (κ3) is 4.79. The first-order chi connectivity index (χ1) is 12.1. The zero-order chi connectivity index (χ0) is 18.2. The summed E-state index contributed by atoms with van der Waals surface area (Å²) in [7, 11) is 3.11. The number of nitrogens with zero attached hydrogens (tertiary/aromatic N) is 1. The van der Waals surface area contributed by atoms with E-state index in [0.29, 0.717) is 35.8 Å². The molecule has 0 fully saturated rings. The molecule has 0 saturated carbocycles. The van der Waals surface area contributed by atoms with Crippen molar-refractivity contribution in [3.8, 4) is 17.2 Å². The molecule has 6 heteroatoms. The third-order valence-electron chi connectivity index (χ3n) is 3.78. The van der Waals surface area contributed by atoms with Gasteiger partial charge < -0.3 is 24.8 Å². The van der Waals surface area contributed by atoms with Gasteiger partial charge in [0.05, 0.1) is 26.5 Å². The van der Waals surface area contributed by atoms with Gasteiger partial charge >= 0.3 is 6.03 Å².